The zero-order chi connectivity index (χ0) is 14.9. The van der Waals surface area contributed by atoms with Crippen molar-refractivity contribution in [3.8, 4) is 0 Å². The highest BCUT2D eigenvalue weighted by molar-refractivity contribution is 5.68. The van der Waals surface area contributed by atoms with E-state index in [-0.39, 0.29) is 24.2 Å². The molecule has 3 atom stereocenters. The number of nitrogens with two attached hydrogens (primary N) is 1. The van der Waals surface area contributed by atoms with Crippen molar-refractivity contribution >= 4 is 6.09 Å². The Hall–Kier alpha value is -0.810. The average Bonchev–Trinajstić information content (AvgIpc) is 3.09. The van der Waals surface area contributed by atoms with E-state index in [0.717, 1.165) is 25.7 Å². The van der Waals surface area contributed by atoms with Crippen LogP contribution < -0.4 is 5.73 Å². The minimum Gasteiger partial charge on any atom is -0.444 e. The molecule has 1 saturated heterocycles. The fourth-order valence-electron chi connectivity index (χ4n) is 2.91. The van der Waals surface area contributed by atoms with Gasteiger partial charge in [0, 0.05) is 19.1 Å². The molecule has 2 rings (SSSR count). The van der Waals surface area contributed by atoms with Gasteiger partial charge in [0.2, 0.25) is 0 Å². The molecule has 3 unspecified atom stereocenters. The quantitative estimate of drug-likeness (QED) is 0.827. The number of likely N-dealkylation sites (tertiary alicyclic amines) is 1. The van der Waals surface area contributed by atoms with Crippen molar-refractivity contribution in [1.29, 1.82) is 0 Å². The number of rotatable bonds is 3. The third-order valence-corrected chi connectivity index (χ3v) is 3.96. The SMILES string of the molecule is CC(C)(C)OC(=O)N1CC(N)CC(CC(O)C2CC2)C1. The summed E-state index contributed by atoms with van der Waals surface area (Å²) in [6.45, 7) is 6.78. The lowest BCUT2D eigenvalue weighted by Gasteiger charge is -2.37. The summed E-state index contributed by atoms with van der Waals surface area (Å²) < 4.78 is 5.41. The van der Waals surface area contributed by atoms with E-state index in [9.17, 15) is 9.90 Å². The summed E-state index contributed by atoms with van der Waals surface area (Å²) in [4.78, 5) is 13.8. The van der Waals surface area contributed by atoms with Crippen LogP contribution in [0.2, 0.25) is 0 Å². The Kier molecular flexibility index (Phi) is 4.59. The number of amides is 1. The summed E-state index contributed by atoms with van der Waals surface area (Å²) in [7, 11) is 0. The van der Waals surface area contributed by atoms with Gasteiger partial charge in [-0.15, -0.1) is 0 Å². The van der Waals surface area contributed by atoms with Crippen molar-refractivity contribution in [2.45, 2.75) is 64.2 Å². The third-order valence-electron chi connectivity index (χ3n) is 3.96. The molecule has 20 heavy (non-hydrogen) atoms. The van der Waals surface area contributed by atoms with Crippen LogP contribution in [0, 0.1) is 11.8 Å². The van der Waals surface area contributed by atoms with E-state index < -0.39 is 5.60 Å². The van der Waals surface area contributed by atoms with Crippen molar-refractivity contribution in [3.63, 3.8) is 0 Å². The van der Waals surface area contributed by atoms with Gasteiger partial charge in [-0.2, -0.15) is 0 Å². The van der Waals surface area contributed by atoms with Gasteiger partial charge in [-0.1, -0.05) is 0 Å². The van der Waals surface area contributed by atoms with E-state index in [1.165, 1.54) is 0 Å². The van der Waals surface area contributed by atoms with Gasteiger partial charge in [-0.25, -0.2) is 4.79 Å². The summed E-state index contributed by atoms with van der Waals surface area (Å²) in [5, 5.41) is 10.1. The second-order valence-corrected chi connectivity index (χ2v) is 7.39. The van der Waals surface area contributed by atoms with Gasteiger partial charge >= 0.3 is 6.09 Å². The van der Waals surface area contributed by atoms with Gasteiger partial charge in [0.1, 0.15) is 5.60 Å². The lowest BCUT2D eigenvalue weighted by molar-refractivity contribution is 0.00949. The molecule has 3 N–H and O–H groups in total. The van der Waals surface area contributed by atoms with Crippen molar-refractivity contribution in [2.24, 2.45) is 17.6 Å². The van der Waals surface area contributed by atoms with Gasteiger partial charge < -0.3 is 20.5 Å². The maximum atomic E-state index is 12.1. The minimum atomic E-state index is -0.484. The molecular formula is C15H28N2O3. The smallest absolute Gasteiger partial charge is 0.410 e. The van der Waals surface area contributed by atoms with E-state index in [1.807, 2.05) is 20.8 Å². The Morgan fingerprint density at radius 3 is 2.60 bits per heavy atom. The first-order chi connectivity index (χ1) is 9.24. The van der Waals surface area contributed by atoms with Crippen LogP contribution in [-0.2, 0) is 4.74 Å². The first-order valence-electron chi connectivity index (χ1n) is 7.66. The Labute approximate surface area is 121 Å². The van der Waals surface area contributed by atoms with Gasteiger partial charge in [-0.3, -0.25) is 0 Å². The molecule has 0 aromatic rings. The molecule has 0 bridgehead atoms. The number of ether oxygens (including phenoxy) is 1. The topological polar surface area (TPSA) is 75.8 Å². The second kappa shape index (κ2) is 5.90. The van der Waals surface area contributed by atoms with Crippen LogP contribution in [0.3, 0.4) is 0 Å². The molecule has 5 heteroatoms. The van der Waals surface area contributed by atoms with Crippen molar-refractivity contribution < 1.29 is 14.6 Å². The zero-order valence-corrected chi connectivity index (χ0v) is 12.8. The van der Waals surface area contributed by atoms with E-state index in [1.54, 1.807) is 4.90 Å². The number of hydrogen-bond donors (Lipinski definition) is 2. The van der Waals surface area contributed by atoms with Gasteiger partial charge in [0.05, 0.1) is 6.10 Å². The maximum Gasteiger partial charge on any atom is 0.410 e. The number of hydrogen-bond acceptors (Lipinski definition) is 4. The van der Waals surface area contributed by atoms with Crippen LogP contribution in [0.25, 0.3) is 0 Å². The largest absolute Gasteiger partial charge is 0.444 e. The lowest BCUT2D eigenvalue weighted by atomic mass is 9.89. The van der Waals surface area contributed by atoms with Crippen molar-refractivity contribution in [1.82, 2.24) is 4.90 Å². The Morgan fingerprint density at radius 2 is 2.05 bits per heavy atom. The lowest BCUT2D eigenvalue weighted by Crippen LogP contribution is -2.51. The number of carbonyl (C=O) groups excluding carboxylic acids is 1. The predicted molar refractivity (Wildman–Crippen MR) is 77.2 cm³/mol. The van der Waals surface area contributed by atoms with Gasteiger partial charge in [0.15, 0.2) is 0 Å². The molecule has 1 amide bonds. The monoisotopic (exact) mass is 284 g/mol. The van der Waals surface area contributed by atoms with Crippen molar-refractivity contribution in [2.75, 3.05) is 13.1 Å². The Bertz CT molecular complexity index is 350. The van der Waals surface area contributed by atoms with Crippen LogP contribution in [0.15, 0.2) is 0 Å². The van der Waals surface area contributed by atoms with E-state index >= 15 is 0 Å². The highest BCUT2D eigenvalue weighted by atomic mass is 16.6. The van der Waals surface area contributed by atoms with Crippen LogP contribution in [0.1, 0.15) is 46.5 Å². The number of aliphatic hydroxyl groups is 1. The van der Waals surface area contributed by atoms with Gasteiger partial charge in [-0.05, 0) is 58.3 Å². The number of carbonyl (C=O) groups is 1. The number of aliphatic hydroxyl groups excluding tert-OH is 1. The van der Waals surface area contributed by atoms with E-state index in [2.05, 4.69) is 0 Å². The summed E-state index contributed by atoms with van der Waals surface area (Å²) in [6, 6.07) is -0.0207. The molecule has 1 aliphatic heterocycles. The number of piperidine rings is 1. The molecule has 1 heterocycles. The molecule has 0 aromatic carbocycles. The molecule has 5 nitrogen and oxygen atoms in total. The first-order valence-corrected chi connectivity index (χ1v) is 7.66. The first kappa shape index (κ1) is 15.6. The molecular weight excluding hydrogens is 256 g/mol. The fraction of sp³-hybridized carbons (Fsp3) is 0.933. The van der Waals surface area contributed by atoms with Crippen LogP contribution in [-0.4, -0.2) is 46.9 Å². The molecule has 116 valence electrons. The fourth-order valence-corrected chi connectivity index (χ4v) is 2.91. The second-order valence-electron chi connectivity index (χ2n) is 7.39. The molecule has 2 fully saturated rings. The standard InChI is InChI=1S/C15H28N2O3/c1-15(2,3)20-14(19)17-8-10(6-12(16)9-17)7-13(18)11-4-5-11/h10-13,18H,4-9,16H2,1-3H3. The molecule has 1 saturated carbocycles. The van der Waals surface area contributed by atoms with E-state index in [0.29, 0.717) is 19.0 Å². The maximum absolute atomic E-state index is 12.1. The Balaban J connectivity index is 1.88. The zero-order valence-electron chi connectivity index (χ0n) is 12.8. The van der Waals surface area contributed by atoms with Crippen LogP contribution >= 0.6 is 0 Å². The summed E-state index contributed by atoms with van der Waals surface area (Å²) >= 11 is 0. The Morgan fingerprint density at radius 1 is 1.40 bits per heavy atom. The van der Waals surface area contributed by atoms with E-state index in [4.69, 9.17) is 10.5 Å². The summed E-state index contributed by atoms with van der Waals surface area (Å²) in [5.41, 5.74) is 5.57. The molecule has 2 aliphatic rings. The number of nitrogens with zero attached hydrogens (tertiary/aromatic N) is 1. The summed E-state index contributed by atoms with van der Waals surface area (Å²) in [5.74, 6) is 0.755. The highest BCUT2D eigenvalue weighted by Gasteiger charge is 2.35. The molecule has 0 radical (unpaired) electrons. The molecule has 0 aromatic heterocycles. The summed E-state index contributed by atoms with van der Waals surface area (Å²) in [6.07, 6.45) is 3.37. The minimum absolute atomic E-state index is 0.0207. The average molecular weight is 284 g/mol. The third kappa shape index (κ3) is 4.63. The molecule has 1 aliphatic carbocycles. The normalized spacial score (nSPS) is 29.1. The predicted octanol–water partition coefficient (Wildman–Crippen LogP) is 1.73. The van der Waals surface area contributed by atoms with Crippen LogP contribution in [0.5, 0.6) is 0 Å². The highest BCUT2D eigenvalue weighted by Crippen LogP contribution is 2.36. The molecule has 0 spiro atoms. The van der Waals surface area contributed by atoms with Gasteiger partial charge in [0.25, 0.3) is 0 Å². The van der Waals surface area contributed by atoms with Crippen LogP contribution in [0.4, 0.5) is 4.79 Å². The van der Waals surface area contributed by atoms with Crippen molar-refractivity contribution in [3.05, 3.63) is 0 Å².